The van der Waals surface area contributed by atoms with Gasteiger partial charge in [0.15, 0.2) is 11.5 Å². The van der Waals surface area contributed by atoms with E-state index in [-0.39, 0.29) is 24.6 Å². The summed E-state index contributed by atoms with van der Waals surface area (Å²) in [5.74, 6) is 1.60. The van der Waals surface area contributed by atoms with Crippen LogP contribution in [0.5, 0.6) is 17.2 Å². The Labute approximate surface area is 163 Å². The number of hydrogen-bond acceptors (Lipinski definition) is 5. The number of amides is 1. The predicted octanol–water partition coefficient (Wildman–Crippen LogP) is 2.98. The highest BCUT2D eigenvalue weighted by molar-refractivity contribution is 5.77. The van der Waals surface area contributed by atoms with Crippen molar-refractivity contribution in [1.82, 2.24) is 10.6 Å². The van der Waals surface area contributed by atoms with Crippen LogP contribution < -0.4 is 24.8 Å². The molecule has 0 bridgehead atoms. The number of benzene rings is 2. The minimum Gasteiger partial charge on any atom is -0.497 e. The van der Waals surface area contributed by atoms with Gasteiger partial charge in [0.2, 0.25) is 12.7 Å². The van der Waals surface area contributed by atoms with E-state index in [0.717, 1.165) is 22.6 Å². The smallest absolute Gasteiger partial charge is 0.231 e. The van der Waals surface area contributed by atoms with E-state index in [9.17, 15) is 9.18 Å². The number of piperidine rings is 1. The summed E-state index contributed by atoms with van der Waals surface area (Å²) >= 11 is 0. The van der Waals surface area contributed by atoms with E-state index in [2.05, 4.69) is 10.6 Å². The van der Waals surface area contributed by atoms with Crippen molar-refractivity contribution in [2.24, 2.45) is 0 Å². The lowest BCUT2D eigenvalue weighted by molar-refractivity contribution is -0.123. The largest absolute Gasteiger partial charge is 0.497 e. The molecular weight excluding hydrogens is 363 g/mol. The van der Waals surface area contributed by atoms with Crippen LogP contribution in [0.1, 0.15) is 35.6 Å². The number of hydrogen-bond donors (Lipinski definition) is 2. The molecular formula is C21H23FN2O4. The summed E-state index contributed by atoms with van der Waals surface area (Å²) in [6, 6.07) is 7.94. The highest BCUT2D eigenvalue weighted by Crippen LogP contribution is 2.35. The van der Waals surface area contributed by atoms with E-state index in [1.165, 1.54) is 13.2 Å². The Bertz CT molecular complexity index is 902. The fraction of sp³-hybridized carbons (Fsp3) is 0.381. The number of methoxy groups -OCH3 is 1. The Balaban J connectivity index is 1.55. The molecule has 28 heavy (non-hydrogen) atoms. The maximum Gasteiger partial charge on any atom is 0.231 e. The molecule has 2 aromatic carbocycles. The van der Waals surface area contributed by atoms with E-state index in [1.54, 1.807) is 12.1 Å². The maximum atomic E-state index is 14.5. The molecule has 0 aromatic heterocycles. The van der Waals surface area contributed by atoms with E-state index in [1.807, 2.05) is 19.1 Å². The van der Waals surface area contributed by atoms with Gasteiger partial charge in [0.1, 0.15) is 11.6 Å². The summed E-state index contributed by atoms with van der Waals surface area (Å²) in [6.45, 7) is 2.82. The Morgan fingerprint density at radius 2 is 2.04 bits per heavy atom. The van der Waals surface area contributed by atoms with Gasteiger partial charge >= 0.3 is 0 Å². The highest BCUT2D eigenvalue weighted by atomic mass is 19.1. The first-order valence-corrected chi connectivity index (χ1v) is 9.30. The number of aryl methyl sites for hydroxylation is 1. The molecule has 0 unspecified atom stereocenters. The van der Waals surface area contributed by atoms with Gasteiger partial charge in [0, 0.05) is 24.6 Å². The summed E-state index contributed by atoms with van der Waals surface area (Å²) < 4.78 is 30.6. The molecule has 1 saturated heterocycles. The Kier molecular flexibility index (Phi) is 5.09. The number of carbonyl (C=O) groups excluding carboxylic acids is 1. The average molecular weight is 386 g/mol. The highest BCUT2D eigenvalue weighted by Gasteiger charge is 2.32. The monoisotopic (exact) mass is 386 g/mol. The van der Waals surface area contributed by atoms with Crippen LogP contribution in [0.25, 0.3) is 0 Å². The third-order valence-corrected chi connectivity index (χ3v) is 5.33. The summed E-state index contributed by atoms with van der Waals surface area (Å²) in [5.41, 5.74) is 2.58. The van der Waals surface area contributed by atoms with Crippen molar-refractivity contribution in [2.75, 3.05) is 13.9 Å². The zero-order valence-corrected chi connectivity index (χ0v) is 15.9. The molecule has 0 radical (unpaired) electrons. The second-order valence-electron chi connectivity index (χ2n) is 7.09. The number of fused-ring (bicyclic) bond motifs is 1. The van der Waals surface area contributed by atoms with Gasteiger partial charge in [-0.25, -0.2) is 4.39 Å². The molecule has 2 aliphatic rings. The molecule has 6 nitrogen and oxygen atoms in total. The minimum absolute atomic E-state index is 0.0791. The van der Waals surface area contributed by atoms with Crippen LogP contribution in [0.15, 0.2) is 30.3 Å². The standard InChI is InChI=1S/C21H23FN2O4/c1-12-7-18-19(28-11-27-18)8-13(12)10-23-17-5-6-20(25)24-21(17)15-9-14(26-2)3-4-16(15)22/h3-4,7-9,17,21,23H,5-6,10-11H2,1-2H3,(H,24,25)/t17-,21+/m1/s1. The lowest BCUT2D eigenvalue weighted by atomic mass is 9.91. The number of halogens is 1. The molecule has 1 fully saturated rings. The van der Waals surface area contributed by atoms with Gasteiger partial charge in [-0.3, -0.25) is 4.79 Å². The first kappa shape index (κ1) is 18.6. The molecule has 0 spiro atoms. The van der Waals surface area contributed by atoms with E-state index < -0.39 is 6.04 Å². The zero-order chi connectivity index (χ0) is 19.7. The van der Waals surface area contributed by atoms with Crippen molar-refractivity contribution in [1.29, 1.82) is 0 Å². The first-order chi connectivity index (χ1) is 13.5. The minimum atomic E-state index is -0.467. The molecule has 1 amide bonds. The van der Waals surface area contributed by atoms with Gasteiger partial charge in [-0.05, 0) is 54.8 Å². The maximum absolute atomic E-state index is 14.5. The fourth-order valence-corrected chi connectivity index (χ4v) is 3.72. The van der Waals surface area contributed by atoms with Crippen molar-refractivity contribution in [3.63, 3.8) is 0 Å². The quantitative estimate of drug-likeness (QED) is 0.827. The lowest BCUT2D eigenvalue weighted by Crippen LogP contribution is -2.48. The van der Waals surface area contributed by atoms with Gasteiger partial charge in [-0.2, -0.15) is 0 Å². The number of ether oxygens (including phenoxy) is 3. The third-order valence-electron chi connectivity index (χ3n) is 5.33. The van der Waals surface area contributed by atoms with Gasteiger partial charge in [0.05, 0.1) is 13.2 Å². The van der Waals surface area contributed by atoms with Crippen molar-refractivity contribution < 1.29 is 23.4 Å². The van der Waals surface area contributed by atoms with Crippen LogP contribution in [-0.2, 0) is 11.3 Å². The molecule has 0 aliphatic carbocycles. The second kappa shape index (κ2) is 7.67. The molecule has 4 rings (SSSR count). The van der Waals surface area contributed by atoms with Crippen LogP contribution in [0.2, 0.25) is 0 Å². The molecule has 7 heteroatoms. The normalized spacial score (nSPS) is 20.8. The Morgan fingerprint density at radius 3 is 2.82 bits per heavy atom. The molecule has 2 heterocycles. The summed E-state index contributed by atoms with van der Waals surface area (Å²) in [4.78, 5) is 12.0. The van der Waals surface area contributed by atoms with Crippen molar-refractivity contribution in [2.45, 2.75) is 38.4 Å². The molecule has 2 aromatic rings. The van der Waals surface area contributed by atoms with Crippen molar-refractivity contribution in [3.8, 4) is 17.2 Å². The van der Waals surface area contributed by atoms with E-state index in [0.29, 0.717) is 30.7 Å². The predicted molar refractivity (Wildman–Crippen MR) is 101 cm³/mol. The topological polar surface area (TPSA) is 68.8 Å². The summed E-state index contributed by atoms with van der Waals surface area (Å²) in [6.07, 6.45) is 1.02. The Morgan fingerprint density at radius 1 is 1.25 bits per heavy atom. The van der Waals surface area contributed by atoms with Crippen LogP contribution in [0.4, 0.5) is 4.39 Å². The second-order valence-corrected chi connectivity index (χ2v) is 7.09. The average Bonchev–Trinajstić information content (AvgIpc) is 3.14. The number of carbonyl (C=O) groups is 1. The van der Waals surface area contributed by atoms with Gasteiger partial charge in [0.25, 0.3) is 0 Å². The number of nitrogens with one attached hydrogen (secondary N) is 2. The van der Waals surface area contributed by atoms with Gasteiger partial charge in [-0.1, -0.05) is 0 Å². The van der Waals surface area contributed by atoms with Crippen LogP contribution in [-0.4, -0.2) is 25.9 Å². The molecule has 0 saturated carbocycles. The molecule has 2 aliphatic heterocycles. The zero-order valence-electron chi connectivity index (χ0n) is 15.9. The molecule has 2 N–H and O–H groups in total. The SMILES string of the molecule is COc1ccc(F)c([C@@H]2NC(=O)CC[C@H]2NCc2cc3c(cc2C)OCO3)c1. The van der Waals surface area contributed by atoms with Crippen molar-refractivity contribution >= 4 is 5.91 Å². The number of rotatable bonds is 5. The van der Waals surface area contributed by atoms with Crippen LogP contribution in [0.3, 0.4) is 0 Å². The van der Waals surface area contributed by atoms with Gasteiger partial charge in [-0.15, -0.1) is 0 Å². The molecule has 148 valence electrons. The van der Waals surface area contributed by atoms with Crippen molar-refractivity contribution in [3.05, 3.63) is 52.8 Å². The summed E-state index contributed by atoms with van der Waals surface area (Å²) in [7, 11) is 1.54. The summed E-state index contributed by atoms with van der Waals surface area (Å²) in [5, 5.41) is 6.41. The fourth-order valence-electron chi connectivity index (χ4n) is 3.72. The molecule has 2 atom stereocenters. The Hall–Kier alpha value is -2.80. The van der Waals surface area contributed by atoms with Crippen LogP contribution >= 0.6 is 0 Å². The lowest BCUT2D eigenvalue weighted by Gasteiger charge is -2.34. The third kappa shape index (κ3) is 3.62. The van der Waals surface area contributed by atoms with Gasteiger partial charge < -0.3 is 24.8 Å². The van der Waals surface area contributed by atoms with E-state index in [4.69, 9.17) is 14.2 Å². The van der Waals surface area contributed by atoms with E-state index >= 15 is 0 Å². The van der Waals surface area contributed by atoms with Crippen LogP contribution in [0, 0.1) is 12.7 Å². The first-order valence-electron chi connectivity index (χ1n) is 9.30.